The Bertz CT molecular complexity index is 1390. The summed E-state index contributed by atoms with van der Waals surface area (Å²) in [6.07, 6.45) is 1.62. The first kappa shape index (κ1) is 47.2. The van der Waals surface area contributed by atoms with Crippen LogP contribution in [-0.4, -0.2) is 74.1 Å². The number of ether oxygens (including phenoxy) is 1. The molecule has 0 amide bonds. The van der Waals surface area contributed by atoms with E-state index in [4.69, 9.17) is 30.7 Å². The third-order valence-corrected chi connectivity index (χ3v) is 7.02. The largest absolute Gasteiger partial charge is 0.508 e. The lowest BCUT2D eigenvalue weighted by molar-refractivity contribution is 0.0731. The summed E-state index contributed by atoms with van der Waals surface area (Å²) in [5.74, 6) is 0.830. The van der Waals surface area contributed by atoms with E-state index >= 15 is 0 Å². The number of phenolic OH excluding ortho intramolecular Hbond substituents is 2. The molecule has 3 aliphatic heterocycles. The maximum absolute atomic E-state index is 13.5. The number of piperidine rings is 3. The molecule has 6 rings (SSSR count). The molecule has 0 bridgehead atoms. The molecule has 2 unspecified atom stereocenters. The van der Waals surface area contributed by atoms with Crippen molar-refractivity contribution in [2.75, 3.05) is 39.3 Å². The minimum Gasteiger partial charge on any atom is -0.508 e. The average molecular weight is 725 g/mol. The van der Waals surface area contributed by atoms with Crippen LogP contribution in [-0.2, 0) is 0 Å². The number of rotatable bonds is 2. The Morgan fingerprint density at radius 3 is 1.35 bits per heavy atom. The van der Waals surface area contributed by atoms with Crippen molar-refractivity contribution < 1.29 is 28.1 Å². The molecular weight excluding hydrogens is 669 g/mol. The third-order valence-electron chi connectivity index (χ3n) is 7.02. The van der Waals surface area contributed by atoms with Gasteiger partial charge in [0.1, 0.15) is 41.9 Å². The van der Waals surface area contributed by atoms with Gasteiger partial charge in [0.2, 0.25) is 0 Å². The fourth-order valence-corrected chi connectivity index (χ4v) is 4.51. The van der Waals surface area contributed by atoms with E-state index in [1.165, 1.54) is 24.3 Å². The van der Waals surface area contributed by atoms with Gasteiger partial charge in [0, 0.05) is 19.6 Å². The minimum absolute atomic E-state index is 0.133. The number of benzene rings is 3. The highest BCUT2D eigenvalue weighted by molar-refractivity contribution is 5.37. The molecule has 4 atom stereocenters. The molecule has 5 N–H and O–H groups in total. The number of hydrogen-bond acceptors (Lipinski definition) is 9. The molecule has 3 aliphatic rings. The van der Waals surface area contributed by atoms with E-state index in [0.717, 1.165) is 45.3 Å². The van der Waals surface area contributed by atoms with Crippen molar-refractivity contribution in [1.82, 2.24) is 16.0 Å². The monoisotopic (exact) mass is 724 g/mol. The number of phenols is 2. The SMILES string of the molecule is CC.CC.FC1CCCNC1.F[C@H]1CCCNC1.N#Cc1cccc(O)c1.N#Cc1cccc(O)c1.N#Cc1cccc(OC2CCNC[C@H]2F)c1. The summed E-state index contributed by atoms with van der Waals surface area (Å²) < 4.78 is 43.2. The van der Waals surface area contributed by atoms with E-state index < -0.39 is 24.6 Å². The molecular formula is C40H55F3N6O3. The van der Waals surface area contributed by atoms with Crippen LogP contribution in [0.15, 0.2) is 72.8 Å². The number of alkyl halides is 3. The summed E-state index contributed by atoms with van der Waals surface area (Å²) in [6.45, 7) is 12.2. The Kier molecular flexibility index (Phi) is 28.1. The van der Waals surface area contributed by atoms with Crippen LogP contribution in [0.1, 0.15) is 76.5 Å². The summed E-state index contributed by atoms with van der Waals surface area (Å²) >= 11 is 0. The van der Waals surface area contributed by atoms with E-state index in [-0.39, 0.29) is 11.5 Å². The van der Waals surface area contributed by atoms with Crippen LogP contribution in [0.4, 0.5) is 13.2 Å². The normalized spacial score (nSPS) is 19.6. The lowest BCUT2D eigenvalue weighted by Gasteiger charge is -2.27. The molecule has 0 radical (unpaired) electrons. The van der Waals surface area contributed by atoms with Gasteiger partial charge in [-0.15, -0.1) is 0 Å². The number of aromatic hydroxyl groups is 2. The predicted octanol–water partition coefficient (Wildman–Crippen LogP) is 7.63. The zero-order valence-electron chi connectivity index (χ0n) is 30.8. The first-order valence-corrected chi connectivity index (χ1v) is 17.8. The Morgan fingerprint density at radius 1 is 0.596 bits per heavy atom. The second-order valence-electron chi connectivity index (χ2n) is 11.0. The van der Waals surface area contributed by atoms with Gasteiger partial charge in [-0.2, -0.15) is 15.8 Å². The fourth-order valence-electron chi connectivity index (χ4n) is 4.51. The average Bonchev–Trinajstić information content (AvgIpc) is 3.19. The number of nitrogens with zero attached hydrogens (tertiary/aromatic N) is 3. The molecule has 3 saturated heterocycles. The lowest BCUT2D eigenvalue weighted by Crippen LogP contribution is -2.44. The zero-order chi connectivity index (χ0) is 39.0. The quantitative estimate of drug-likeness (QED) is 0.179. The van der Waals surface area contributed by atoms with Crippen LogP contribution in [0.3, 0.4) is 0 Å². The molecule has 3 aromatic rings. The Morgan fingerprint density at radius 2 is 1.02 bits per heavy atom. The molecule has 0 aromatic heterocycles. The second kappa shape index (κ2) is 31.0. The van der Waals surface area contributed by atoms with Crippen molar-refractivity contribution >= 4 is 0 Å². The Hall–Kier alpha value is -4.80. The Balaban J connectivity index is 0.000000633. The Labute approximate surface area is 308 Å². The smallest absolute Gasteiger partial charge is 0.149 e. The molecule has 3 fully saturated rings. The summed E-state index contributed by atoms with van der Waals surface area (Å²) in [5, 5.41) is 51.8. The van der Waals surface area contributed by atoms with Gasteiger partial charge in [0.25, 0.3) is 0 Å². The molecule has 284 valence electrons. The third kappa shape index (κ3) is 22.8. The number of nitriles is 3. The van der Waals surface area contributed by atoms with Crippen molar-refractivity contribution in [3.05, 3.63) is 89.5 Å². The van der Waals surface area contributed by atoms with E-state index in [9.17, 15) is 13.2 Å². The van der Waals surface area contributed by atoms with Crippen LogP contribution in [0.25, 0.3) is 0 Å². The number of hydrogen-bond donors (Lipinski definition) is 5. The molecule has 3 aromatic carbocycles. The highest BCUT2D eigenvalue weighted by Gasteiger charge is 2.26. The van der Waals surface area contributed by atoms with Crippen LogP contribution >= 0.6 is 0 Å². The van der Waals surface area contributed by atoms with Gasteiger partial charge in [-0.05, 0) is 106 Å². The lowest BCUT2D eigenvalue weighted by atomic mass is 10.1. The second-order valence-corrected chi connectivity index (χ2v) is 11.0. The molecule has 0 aliphatic carbocycles. The van der Waals surface area contributed by atoms with Crippen LogP contribution in [0.5, 0.6) is 17.2 Å². The molecule has 9 nitrogen and oxygen atoms in total. The van der Waals surface area contributed by atoms with E-state index in [2.05, 4.69) is 16.0 Å². The highest BCUT2D eigenvalue weighted by atomic mass is 19.1. The van der Waals surface area contributed by atoms with Crippen LogP contribution < -0.4 is 20.7 Å². The van der Waals surface area contributed by atoms with Crippen LogP contribution in [0.2, 0.25) is 0 Å². The zero-order valence-corrected chi connectivity index (χ0v) is 30.8. The van der Waals surface area contributed by atoms with Gasteiger partial charge in [0.05, 0.1) is 34.9 Å². The van der Waals surface area contributed by atoms with Crippen LogP contribution in [0, 0.1) is 34.0 Å². The molecule has 52 heavy (non-hydrogen) atoms. The predicted molar refractivity (Wildman–Crippen MR) is 200 cm³/mol. The summed E-state index contributed by atoms with van der Waals surface area (Å²) in [7, 11) is 0. The van der Waals surface area contributed by atoms with Crippen molar-refractivity contribution in [2.45, 2.75) is 84.4 Å². The first-order valence-electron chi connectivity index (χ1n) is 17.8. The summed E-state index contributed by atoms with van der Waals surface area (Å²) in [6, 6.07) is 25.1. The van der Waals surface area contributed by atoms with Gasteiger partial charge in [-0.1, -0.05) is 45.9 Å². The van der Waals surface area contributed by atoms with Gasteiger partial charge >= 0.3 is 0 Å². The minimum atomic E-state index is -0.987. The first-order chi connectivity index (χ1) is 25.2. The van der Waals surface area contributed by atoms with Gasteiger partial charge < -0.3 is 30.9 Å². The molecule has 0 saturated carbocycles. The highest BCUT2D eigenvalue weighted by Crippen LogP contribution is 2.19. The van der Waals surface area contributed by atoms with E-state index in [0.29, 0.717) is 48.5 Å². The number of halogens is 3. The summed E-state index contributed by atoms with van der Waals surface area (Å²) in [5.41, 5.74) is 1.49. The van der Waals surface area contributed by atoms with Crippen molar-refractivity contribution in [2.24, 2.45) is 0 Å². The van der Waals surface area contributed by atoms with E-state index in [1.807, 2.05) is 45.9 Å². The van der Waals surface area contributed by atoms with Crippen molar-refractivity contribution in [1.29, 1.82) is 15.8 Å². The maximum atomic E-state index is 13.5. The fraction of sp³-hybridized carbons (Fsp3) is 0.475. The van der Waals surface area contributed by atoms with E-state index in [1.54, 1.807) is 48.5 Å². The molecule has 12 heteroatoms. The van der Waals surface area contributed by atoms with Gasteiger partial charge in [0.15, 0.2) is 0 Å². The van der Waals surface area contributed by atoms with Crippen molar-refractivity contribution in [3.8, 4) is 35.5 Å². The standard InChI is InChI=1S/C12H13FN2O.2C7H5NO.2C5H10FN.2C2H6/c13-11-8-15-5-4-12(11)16-10-3-1-2-9(6-10)7-14;2*8-5-6-2-1-3-7(9)4-6;2*6-5-2-1-3-7-4-5;2*1-2/h1-3,6,11-12,15H,4-5,8H2;2*1-4,9H;2*5,7H,1-4H2;2*1-2H3/t11-,12?;;;5-;;;/m1..0.../s1. The van der Waals surface area contributed by atoms with Gasteiger partial charge in [-0.25, -0.2) is 13.2 Å². The molecule has 3 heterocycles. The van der Waals surface area contributed by atoms with Gasteiger partial charge in [-0.3, -0.25) is 0 Å². The molecule has 0 spiro atoms. The van der Waals surface area contributed by atoms with Crippen molar-refractivity contribution in [3.63, 3.8) is 0 Å². The summed E-state index contributed by atoms with van der Waals surface area (Å²) in [4.78, 5) is 0. The maximum Gasteiger partial charge on any atom is 0.149 e. The topological polar surface area (TPSA) is 157 Å². The number of nitrogens with one attached hydrogen (secondary N) is 3.